The highest BCUT2D eigenvalue weighted by atomic mass is 32.2. The molecule has 0 spiro atoms. The molecule has 4 aromatic carbocycles. The number of benzene rings is 4. The molecule has 0 saturated carbocycles. The van der Waals surface area contributed by atoms with Crippen LogP contribution in [-0.2, 0) is 24.3 Å². The third kappa shape index (κ3) is 18.2. The van der Waals surface area contributed by atoms with Crippen LogP contribution in [0.3, 0.4) is 0 Å². The van der Waals surface area contributed by atoms with Crippen molar-refractivity contribution < 1.29 is 86.6 Å². The molecule has 0 bridgehead atoms. The fourth-order valence-electron chi connectivity index (χ4n) is 6.44. The number of ether oxygens (including phenoxy) is 2. The number of nitrogens with zero attached hydrogens (tertiary/aromatic N) is 7. The molecule has 5 aromatic rings. The summed E-state index contributed by atoms with van der Waals surface area (Å²) in [6, 6.07) is 12.4. The monoisotopic (exact) mass is 1080 g/mol. The third-order valence-electron chi connectivity index (χ3n) is 10.1. The quantitative estimate of drug-likeness (QED) is 0.00493. The van der Waals surface area contributed by atoms with Crippen LogP contribution in [0.1, 0.15) is 91.1 Å². The van der Waals surface area contributed by atoms with E-state index >= 15 is 0 Å². The molecule has 398 valence electrons. The van der Waals surface area contributed by atoms with Gasteiger partial charge in [0, 0.05) is 42.9 Å². The van der Waals surface area contributed by atoms with Crippen LogP contribution in [0.2, 0.25) is 0 Å². The molecule has 0 aliphatic rings. The number of aliphatic carboxylic acids is 1. The van der Waals surface area contributed by atoms with E-state index in [-0.39, 0.29) is 118 Å². The largest absolute Gasteiger partial charge is 0.491 e. The number of nitrogens with one attached hydrogen (secondary N) is 3. The van der Waals surface area contributed by atoms with Crippen molar-refractivity contribution in [1.29, 1.82) is 0 Å². The molecule has 28 nitrogen and oxygen atoms in total. The number of azo groups is 2. The highest BCUT2D eigenvalue weighted by Gasteiger charge is 2.19. The molecule has 0 radical (unpaired) electrons. The van der Waals surface area contributed by atoms with Crippen LogP contribution in [0.15, 0.2) is 81.1 Å². The maximum atomic E-state index is 12.0. The van der Waals surface area contributed by atoms with Crippen LogP contribution in [0.25, 0.3) is 0 Å². The van der Waals surface area contributed by atoms with E-state index in [0.29, 0.717) is 42.6 Å². The SMILES string of the molecule is Cc1cc(Nc2nc(NCCCCCC(=O)O)nc(Nc3cc(C)c(N=Nc4cc(C(=O)O)ccc4C(=O)O)cc3OCCCS(=O)(=O)O)n2)c(OCCCSOOO)cc1N=Nc1cc(C(=O)O)ccc1C(=O)O. The van der Waals surface area contributed by atoms with Crippen molar-refractivity contribution >= 4 is 104 Å². The number of hydrogen-bond acceptors (Lipinski definition) is 23. The number of carbonyl (C=O) groups is 5. The topological polar surface area (TPSA) is 422 Å². The Bertz CT molecular complexity index is 3090. The maximum Gasteiger partial charge on any atom is 0.337 e. The fraction of sp³-hybridized carbons (Fsp3) is 0.289. The standard InChI is InChI=1S/C45H48N10O18S2/c1-24-18-34(36(70-14-6-16-74-73-72-66)22-30(24)52-54-32-20-26(39(58)59)9-11-28(32)41(62)63)47-44-49-43(46-13-5-3-4-8-38(56)57)50-45(51-44)48-35-19-25(2)31(23-37(35)71-15-7-17-75(67,68)69)53-55-33-21-27(40(60)61)10-12-29(33)42(64)65/h9-12,18-23,66H,3-8,13-17H2,1-2H3,(H,56,57)(H,58,59)(H,60,61)(H,62,63)(H,64,65)(H,67,68,69)(H3,46,47,48,49,50,51). The molecule has 0 fully saturated rings. The lowest BCUT2D eigenvalue weighted by Crippen LogP contribution is -2.12. The van der Waals surface area contributed by atoms with Gasteiger partial charge in [-0.2, -0.15) is 33.6 Å². The Balaban J connectivity index is 1.57. The number of rotatable bonds is 31. The summed E-state index contributed by atoms with van der Waals surface area (Å²) in [5.74, 6) is -6.72. The van der Waals surface area contributed by atoms with E-state index in [0.717, 1.165) is 48.4 Å². The van der Waals surface area contributed by atoms with Crippen molar-refractivity contribution in [3.63, 3.8) is 0 Å². The van der Waals surface area contributed by atoms with Gasteiger partial charge < -0.3 is 51.0 Å². The molecule has 0 amide bonds. The summed E-state index contributed by atoms with van der Waals surface area (Å²) in [6.07, 6.45) is 1.65. The van der Waals surface area contributed by atoms with Gasteiger partial charge in [0.15, 0.2) is 0 Å². The Morgan fingerprint density at radius 1 is 0.600 bits per heavy atom. The van der Waals surface area contributed by atoms with E-state index in [9.17, 15) is 57.4 Å². The average Bonchev–Trinajstić information content (AvgIpc) is 3.34. The van der Waals surface area contributed by atoms with Crippen LogP contribution in [-0.4, -0.2) is 120 Å². The summed E-state index contributed by atoms with van der Waals surface area (Å²) in [4.78, 5) is 72.0. The van der Waals surface area contributed by atoms with E-state index < -0.39 is 45.7 Å². The number of aromatic nitrogens is 3. The van der Waals surface area contributed by atoms with Gasteiger partial charge in [-0.3, -0.25) is 9.35 Å². The lowest BCUT2D eigenvalue weighted by atomic mass is 10.1. The molecule has 0 saturated heterocycles. The predicted molar refractivity (Wildman–Crippen MR) is 266 cm³/mol. The van der Waals surface area contributed by atoms with Gasteiger partial charge in [-0.25, -0.2) is 24.4 Å². The molecule has 0 atom stereocenters. The number of aromatic carboxylic acids is 4. The lowest BCUT2D eigenvalue weighted by molar-refractivity contribution is -0.432. The van der Waals surface area contributed by atoms with Crippen molar-refractivity contribution in [3.8, 4) is 11.5 Å². The summed E-state index contributed by atoms with van der Waals surface area (Å²) in [6.45, 7) is 3.35. The Morgan fingerprint density at radius 3 is 1.53 bits per heavy atom. The molecule has 0 aliphatic heterocycles. The van der Waals surface area contributed by atoms with Gasteiger partial charge in [0.1, 0.15) is 22.9 Å². The van der Waals surface area contributed by atoms with E-state index in [4.69, 9.17) is 19.8 Å². The summed E-state index contributed by atoms with van der Waals surface area (Å²) in [5.41, 5.74) is -0.0390. The first kappa shape index (κ1) is 57.5. The van der Waals surface area contributed by atoms with Gasteiger partial charge in [0.25, 0.3) is 10.1 Å². The van der Waals surface area contributed by atoms with Crippen LogP contribution in [0, 0.1) is 13.8 Å². The third-order valence-corrected chi connectivity index (χ3v) is 11.5. The fourth-order valence-corrected chi connectivity index (χ4v) is 7.27. The average molecular weight is 1080 g/mol. The second-order valence-electron chi connectivity index (χ2n) is 15.7. The van der Waals surface area contributed by atoms with Crippen molar-refractivity contribution in [2.45, 2.75) is 52.4 Å². The zero-order chi connectivity index (χ0) is 54.7. The second-order valence-corrected chi connectivity index (χ2v) is 18.0. The molecule has 10 N–H and O–H groups in total. The van der Waals surface area contributed by atoms with Crippen molar-refractivity contribution in [3.05, 3.63) is 94.0 Å². The second kappa shape index (κ2) is 27.6. The van der Waals surface area contributed by atoms with Gasteiger partial charge in [0.2, 0.25) is 17.8 Å². The van der Waals surface area contributed by atoms with E-state index in [1.54, 1.807) is 19.9 Å². The highest BCUT2D eigenvalue weighted by molar-refractivity contribution is 7.94. The molecule has 5 rings (SSSR count). The minimum absolute atomic E-state index is 0.0147. The van der Waals surface area contributed by atoms with Crippen molar-refractivity contribution in [1.82, 2.24) is 15.0 Å². The van der Waals surface area contributed by atoms with E-state index in [2.05, 4.69) is 60.7 Å². The summed E-state index contributed by atoms with van der Waals surface area (Å²) in [5, 5.41) is 85.5. The number of carboxylic acid groups (broad SMARTS) is 5. The first-order valence-electron chi connectivity index (χ1n) is 22.1. The smallest absolute Gasteiger partial charge is 0.337 e. The highest BCUT2D eigenvalue weighted by Crippen LogP contribution is 2.38. The van der Waals surface area contributed by atoms with Gasteiger partial charge in [-0.15, -0.1) is 14.6 Å². The van der Waals surface area contributed by atoms with Gasteiger partial charge in [0.05, 0.1) is 64.0 Å². The minimum atomic E-state index is -4.37. The van der Waals surface area contributed by atoms with Crippen LogP contribution >= 0.6 is 12.0 Å². The molecular weight excluding hydrogens is 1030 g/mol. The maximum absolute atomic E-state index is 12.0. The van der Waals surface area contributed by atoms with Crippen molar-refractivity contribution in [2.24, 2.45) is 20.5 Å². The number of hydrogen-bond donors (Lipinski definition) is 10. The summed E-state index contributed by atoms with van der Waals surface area (Å²) < 4.78 is 48.9. The Labute approximate surface area is 429 Å². The number of carboxylic acids is 5. The summed E-state index contributed by atoms with van der Waals surface area (Å²) in [7, 11) is -4.37. The van der Waals surface area contributed by atoms with Gasteiger partial charge in [-0.1, -0.05) is 11.5 Å². The summed E-state index contributed by atoms with van der Waals surface area (Å²) >= 11 is 0.793. The zero-order valence-electron chi connectivity index (χ0n) is 39.6. The predicted octanol–water partition coefficient (Wildman–Crippen LogP) is 9.15. The Kier molecular flexibility index (Phi) is 21.1. The molecule has 0 aliphatic carbocycles. The molecule has 30 heteroatoms. The van der Waals surface area contributed by atoms with Crippen LogP contribution in [0.5, 0.6) is 11.5 Å². The van der Waals surface area contributed by atoms with Gasteiger partial charge in [-0.05, 0) is 99.2 Å². The normalized spacial score (nSPS) is 11.4. The molecule has 0 unspecified atom stereocenters. The molecule has 1 aromatic heterocycles. The number of unbranched alkanes of at least 4 members (excludes halogenated alkanes) is 2. The molecular formula is C45H48N10O18S2. The molecule has 1 heterocycles. The first-order chi connectivity index (χ1) is 35.7. The van der Waals surface area contributed by atoms with Gasteiger partial charge >= 0.3 is 29.8 Å². The number of anilines is 5. The van der Waals surface area contributed by atoms with Crippen molar-refractivity contribution in [2.75, 3.05) is 47.2 Å². The van der Waals surface area contributed by atoms with E-state index in [1.807, 2.05) is 0 Å². The lowest BCUT2D eigenvalue weighted by Gasteiger charge is -2.17. The zero-order valence-corrected chi connectivity index (χ0v) is 41.3. The number of aryl methyl sites for hydroxylation is 2. The van der Waals surface area contributed by atoms with Crippen LogP contribution < -0.4 is 25.4 Å². The van der Waals surface area contributed by atoms with Crippen LogP contribution in [0.4, 0.5) is 52.0 Å². The van der Waals surface area contributed by atoms with E-state index in [1.165, 1.54) is 18.2 Å². The minimum Gasteiger partial charge on any atom is -0.491 e. The Hall–Kier alpha value is -8.42. The Morgan fingerprint density at radius 2 is 1.08 bits per heavy atom. The molecule has 75 heavy (non-hydrogen) atoms. The first-order valence-corrected chi connectivity index (χ1v) is 24.6.